The number of likely N-dealkylation sites (tertiary alicyclic amines) is 1. The maximum absolute atomic E-state index is 12.7. The Morgan fingerprint density at radius 2 is 2.00 bits per heavy atom. The number of rotatable bonds is 6. The van der Waals surface area contributed by atoms with Gasteiger partial charge in [-0.15, -0.1) is 0 Å². The quantitative estimate of drug-likeness (QED) is 0.854. The molecule has 1 saturated heterocycles. The Bertz CT molecular complexity index is 734. The van der Waals surface area contributed by atoms with Gasteiger partial charge in [-0.2, -0.15) is 8.78 Å². The van der Waals surface area contributed by atoms with Crippen LogP contribution in [0.2, 0.25) is 0 Å². The average Bonchev–Trinajstić information content (AvgIpc) is 2.67. The zero-order chi connectivity index (χ0) is 18.4. The molecule has 0 spiro atoms. The molecule has 1 aliphatic heterocycles. The van der Waals surface area contributed by atoms with Gasteiger partial charge in [0.15, 0.2) is 0 Å². The van der Waals surface area contributed by atoms with E-state index < -0.39 is 6.61 Å². The van der Waals surface area contributed by atoms with E-state index in [1.165, 1.54) is 12.3 Å². The van der Waals surface area contributed by atoms with Gasteiger partial charge in [0, 0.05) is 19.3 Å². The van der Waals surface area contributed by atoms with Gasteiger partial charge >= 0.3 is 6.61 Å². The third-order valence-corrected chi connectivity index (χ3v) is 4.14. The van der Waals surface area contributed by atoms with Crippen LogP contribution in [0.1, 0.15) is 35.3 Å². The van der Waals surface area contributed by atoms with E-state index in [1.807, 2.05) is 4.90 Å². The summed E-state index contributed by atoms with van der Waals surface area (Å²) in [5.74, 6) is 0.453. The minimum atomic E-state index is -2.88. The minimum Gasteiger partial charge on any atom is -0.433 e. The standard InChI is InChI=1S/C18H20F2N4O2/c19-18(20)26-14-7-6-13(22-12-14)11-23-16-15(5-4-8-21-16)17(25)24-9-2-1-3-10-24/h4-8,12,18H,1-3,9-11H2,(H,21,23). The van der Waals surface area contributed by atoms with Crippen LogP contribution in [-0.2, 0) is 6.54 Å². The molecule has 26 heavy (non-hydrogen) atoms. The summed E-state index contributed by atoms with van der Waals surface area (Å²) >= 11 is 0. The lowest BCUT2D eigenvalue weighted by atomic mass is 10.1. The lowest BCUT2D eigenvalue weighted by Crippen LogP contribution is -2.36. The van der Waals surface area contributed by atoms with Gasteiger partial charge in [0.05, 0.1) is 24.0 Å². The van der Waals surface area contributed by atoms with Gasteiger partial charge in [-0.1, -0.05) is 0 Å². The number of hydrogen-bond acceptors (Lipinski definition) is 5. The number of ether oxygens (including phenoxy) is 1. The minimum absolute atomic E-state index is 0.00236. The predicted molar refractivity (Wildman–Crippen MR) is 92.2 cm³/mol. The summed E-state index contributed by atoms with van der Waals surface area (Å²) in [5.41, 5.74) is 1.14. The van der Waals surface area contributed by atoms with E-state index in [0.717, 1.165) is 32.4 Å². The second-order valence-corrected chi connectivity index (χ2v) is 5.97. The number of amides is 1. The molecule has 0 atom stereocenters. The molecule has 3 heterocycles. The van der Waals surface area contributed by atoms with Crippen molar-refractivity contribution in [1.29, 1.82) is 0 Å². The molecular formula is C18H20F2N4O2. The number of nitrogens with one attached hydrogen (secondary N) is 1. The molecule has 0 bridgehead atoms. The van der Waals surface area contributed by atoms with E-state index in [0.29, 0.717) is 23.6 Å². The maximum atomic E-state index is 12.7. The summed E-state index contributed by atoms with van der Waals surface area (Å²) in [6.07, 6.45) is 6.04. The van der Waals surface area contributed by atoms with Crippen molar-refractivity contribution in [3.05, 3.63) is 47.9 Å². The summed E-state index contributed by atoms with van der Waals surface area (Å²) in [5, 5.41) is 3.10. The molecule has 0 radical (unpaired) electrons. The molecule has 0 unspecified atom stereocenters. The number of piperidine rings is 1. The molecule has 1 aliphatic rings. The van der Waals surface area contributed by atoms with Gasteiger partial charge in [-0.05, 0) is 43.5 Å². The zero-order valence-corrected chi connectivity index (χ0v) is 14.2. The van der Waals surface area contributed by atoms with Crippen molar-refractivity contribution >= 4 is 11.7 Å². The van der Waals surface area contributed by atoms with Gasteiger partial charge in [0.1, 0.15) is 11.6 Å². The van der Waals surface area contributed by atoms with Crippen LogP contribution in [0.3, 0.4) is 0 Å². The molecule has 0 aromatic carbocycles. The summed E-state index contributed by atoms with van der Waals surface area (Å²) in [6.45, 7) is -1.04. The number of nitrogens with zero attached hydrogens (tertiary/aromatic N) is 3. The van der Waals surface area contributed by atoms with Gasteiger partial charge in [-0.25, -0.2) is 4.98 Å². The van der Waals surface area contributed by atoms with E-state index >= 15 is 0 Å². The van der Waals surface area contributed by atoms with Crippen molar-refractivity contribution in [2.45, 2.75) is 32.4 Å². The fourth-order valence-corrected chi connectivity index (χ4v) is 2.85. The molecule has 6 nitrogen and oxygen atoms in total. The SMILES string of the molecule is O=C(c1cccnc1NCc1ccc(OC(F)F)cn1)N1CCCCC1. The Kier molecular flexibility index (Phi) is 5.93. The number of carbonyl (C=O) groups is 1. The third-order valence-electron chi connectivity index (χ3n) is 4.14. The highest BCUT2D eigenvalue weighted by atomic mass is 19.3. The molecule has 1 amide bonds. The van der Waals surface area contributed by atoms with E-state index in [4.69, 9.17) is 0 Å². The first-order valence-electron chi connectivity index (χ1n) is 8.51. The molecule has 1 fully saturated rings. The monoisotopic (exact) mass is 362 g/mol. The summed E-state index contributed by atoms with van der Waals surface area (Å²) in [4.78, 5) is 22.9. The van der Waals surface area contributed by atoms with Crippen LogP contribution in [0.15, 0.2) is 36.7 Å². The van der Waals surface area contributed by atoms with Crippen molar-refractivity contribution in [2.24, 2.45) is 0 Å². The van der Waals surface area contributed by atoms with E-state index in [1.54, 1.807) is 24.4 Å². The van der Waals surface area contributed by atoms with Crippen LogP contribution in [0.5, 0.6) is 5.75 Å². The van der Waals surface area contributed by atoms with Crippen LogP contribution in [0.4, 0.5) is 14.6 Å². The molecule has 0 saturated carbocycles. The summed E-state index contributed by atoms with van der Waals surface area (Å²) in [7, 11) is 0. The van der Waals surface area contributed by atoms with Crippen molar-refractivity contribution in [2.75, 3.05) is 18.4 Å². The van der Waals surface area contributed by atoms with E-state index in [2.05, 4.69) is 20.0 Å². The highest BCUT2D eigenvalue weighted by Gasteiger charge is 2.21. The first-order chi connectivity index (χ1) is 12.6. The van der Waals surface area contributed by atoms with Crippen molar-refractivity contribution in [1.82, 2.24) is 14.9 Å². The Labute approximate surface area is 150 Å². The lowest BCUT2D eigenvalue weighted by Gasteiger charge is -2.27. The Balaban J connectivity index is 1.65. The van der Waals surface area contributed by atoms with Gasteiger partial charge < -0.3 is 15.0 Å². The number of aromatic nitrogens is 2. The molecule has 3 rings (SSSR count). The highest BCUT2D eigenvalue weighted by Crippen LogP contribution is 2.19. The number of carbonyl (C=O) groups excluding carboxylic acids is 1. The normalized spacial score (nSPS) is 14.3. The Morgan fingerprint density at radius 1 is 1.19 bits per heavy atom. The van der Waals surface area contributed by atoms with Gasteiger partial charge in [0.2, 0.25) is 0 Å². The molecule has 2 aromatic rings. The fraction of sp³-hybridized carbons (Fsp3) is 0.389. The van der Waals surface area contributed by atoms with Crippen LogP contribution < -0.4 is 10.1 Å². The Hall–Kier alpha value is -2.77. The largest absolute Gasteiger partial charge is 0.433 e. The number of hydrogen-bond donors (Lipinski definition) is 1. The molecule has 1 N–H and O–H groups in total. The smallest absolute Gasteiger partial charge is 0.387 e. The van der Waals surface area contributed by atoms with Crippen LogP contribution in [-0.4, -0.2) is 40.5 Å². The number of pyridine rings is 2. The number of halogens is 2. The molecule has 2 aromatic heterocycles. The Morgan fingerprint density at radius 3 is 2.69 bits per heavy atom. The molecular weight excluding hydrogens is 342 g/mol. The van der Waals surface area contributed by atoms with Gasteiger partial charge in [0.25, 0.3) is 5.91 Å². The first kappa shape index (κ1) is 18.0. The second-order valence-electron chi connectivity index (χ2n) is 5.97. The van der Waals surface area contributed by atoms with Crippen molar-refractivity contribution in [3.63, 3.8) is 0 Å². The summed E-state index contributed by atoms with van der Waals surface area (Å²) < 4.78 is 28.6. The average molecular weight is 362 g/mol. The lowest BCUT2D eigenvalue weighted by molar-refractivity contribution is -0.0500. The fourth-order valence-electron chi connectivity index (χ4n) is 2.85. The molecule has 0 aliphatic carbocycles. The highest BCUT2D eigenvalue weighted by molar-refractivity contribution is 5.98. The third kappa shape index (κ3) is 4.65. The van der Waals surface area contributed by atoms with Crippen LogP contribution in [0, 0.1) is 0 Å². The zero-order valence-electron chi connectivity index (χ0n) is 14.2. The van der Waals surface area contributed by atoms with Crippen LogP contribution >= 0.6 is 0 Å². The number of anilines is 1. The topological polar surface area (TPSA) is 67.3 Å². The van der Waals surface area contributed by atoms with Crippen molar-refractivity contribution < 1.29 is 18.3 Å². The molecule has 138 valence electrons. The summed E-state index contributed by atoms with van der Waals surface area (Å²) in [6, 6.07) is 6.49. The predicted octanol–water partition coefficient (Wildman–Crippen LogP) is 3.32. The van der Waals surface area contributed by atoms with Crippen molar-refractivity contribution in [3.8, 4) is 5.75 Å². The van der Waals surface area contributed by atoms with Gasteiger partial charge in [-0.3, -0.25) is 9.78 Å². The second kappa shape index (κ2) is 8.55. The van der Waals surface area contributed by atoms with E-state index in [9.17, 15) is 13.6 Å². The maximum Gasteiger partial charge on any atom is 0.387 e. The first-order valence-corrected chi connectivity index (χ1v) is 8.51. The number of alkyl halides is 2. The molecule has 8 heteroatoms. The van der Waals surface area contributed by atoms with Crippen LogP contribution in [0.25, 0.3) is 0 Å². The van der Waals surface area contributed by atoms with E-state index in [-0.39, 0.29) is 11.7 Å².